The first-order valence-corrected chi connectivity index (χ1v) is 12.7. The van der Waals surface area contributed by atoms with Crippen molar-refractivity contribution in [3.63, 3.8) is 0 Å². The third-order valence-electron chi connectivity index (χ3n) is 6.28. The molecule has 3 heterocycles. The van der Waals surface area contributed by atoms with Crippen LogP contribution in [0.3, 0.4) is 0 Å². The Morgan fingerprint density at radius 1 is 1.16 bits per heavy atom. The topological polar surface area (TPSA) is 123 Å². The monoisotopic (exact) mass is 532 g/mol. The van der Waals surface area contributed by atoms with E-state index in [0.29, 0.717) is 16.8 Å². The summed E-state index contributed by atoms with van der Waals surface area (Å²) in [6.07, 6.45) is 4.93. The number of aromatic nitrogens is 4. The van der Waals surface area contributed by atoms with Crippen molar-refractivity contribution in [1.82, 2.24) is 24.8 Å². The number of nitrogens with two attached hydrogens (primary N) is 1. The Morgan fingerprint density at radius 2 is 1.97 bits per heavy atom. The number of benzene rings is 2. The van der Waals surface area contributed by atoms with Gasteiger partial charge < -0.3 is 26.0 Å². The normalized spacial score (nSPS) is 14.2. The second-order valence-electron chi connectivity index (χ2n) is 8.96. The van der Waals surface area contributed by atoms with Crippen molar-refractivity contribution in [1.29, 1.82) is 0 Å². The molecule has 5 rings (SSSR count). The van der Waals surface area contributed by atoms with Gasteiger partial charge in [0.05, 0.1) is 19.3 Å². The van der Waals surface area contributed by atoms with Gasteiger partial charge in [0.2, 0.25) is 5.95 Å². The molecule has 1 aliphatic heterocycles. The van der Waals surface area contributed by atoms with Gasteiger partial charge in [0.25, 0.3) is 5.91 Å². The molecule has 1 aliphatic rings. The second-order valence-corrected chi connectivity index (χ2v) is 9.39. The van der Waals surface area contributed by atoms with Crippen LogP contribution in [0.4, 0.5) is 17.3 Å². The zero-order valence-electron chi connectivity index (χ0n) is 21.0. The molecule has 1 saturated heterocycles. The average molecular weight is 533 g/mol. The zero-order chi connectivity index (χ0) is 26.5. The molecule has 1 atom stereocenters. The molecule has 1 amide bonds. The first-order valence-electron chi connectivity index (χ1n) is 12.3. The highest BCUT2D eigenvalue weighted by atomic mass is 35.5. The number of imidazole rings is 1. The molecule has 38 heavy (non-hydrogen) atoms. The van der Waals surface area contributed by atoms with E-state index in [1.54, 1.807) is 35.4 Å². The van der Waals surface area contributed by atoms with Gasteiger partial charge in [0.15, 0.2) is 0 Å². The summed E-state index contributed by atoms with van der Waals surface area (Å²) in [7, 11) is 0. The number of nitrogens with one attached hydrogen (secondary N) is 2. The number of carbonyl (C=O) groups is 1. The molecule has 2 aromatic heterocycles. The lowest BCUT2D eigenvalue weighted by molar-refractivity contribution is 0.0933. The number of nitrogens with zero attached hydrogens (tertiary/aromatic N) is 5. The van der Waals surface area contributed by atoms with Crippen molar-refractivity contribution >= 4 is 34.8 Å². The lowest BCUT2D eigenvalue weighted by Gasteiger charge is -2.29. The minimum atomic E-state index is -0.392. The number of anilines is 3. The van der Waals surface area contributed by atoms with Gasteiger partial charge in [-0.3, -0.25) is 9.36 Å². The molecule has 0 radical (unpaired) electrons. The largest absolute Gasteiger partial charge is 0.378 e. The Kier molecular flexibility index (Phi) is 7.83. The maximum Gasteiger partial charge on any atom is 0.272 e. The first kappa shape index (κ1) is 25.7. The number of hydrogen-bond donors (Lipinski definition) is 3. The van der Waals surface area contributed by atoms with Crippen LogP contribution in [0.1, 0.15) is 27.7 Å². The molecule has 4 N–H and O–H groups in total. The van der Waals surface area contributed by atoms with E-state index in [2.05, 4.69) is 42.6 Å². The lowest BCUT2D eigenvalue weighted by atomic mass is 10.1. The van der Waals surface area contributed by atoms with E-state index >= 15 is 0 Å². The first-order chi connectivity index (χ1) is 18.5. The molecule has 11 heteroatoms. The van der Waals surface area contributed by atoms with Gasteiger partial charge in [-0.25, -0.2) is 9.97 Å². The van der Waals surface area contributed by atoms with E-state index < -0.39 is 6.04 Å². The Balaban J connectivity index is 1.31. The van der Waals surface area contributed by atoms with Crippen LogP contribution in [-0.4, -0.2) is 58.3 Å². The molecule has 0 aliphatic carbocycles. The van der Waals surface area contributed by atoms with Crippen molar-refractivity contribution in [2.24, 2.45) is 5.73 Å². The van der Waals surface area contributed by atoms with Crippen LogP contribution in [-0.2, 0) is 4.74 Å². The number of morpholine rings is 1. The number of hydrogen-bond acceptors (Lipinski definition) is 8. The Bertz CT molecular complexity index is 1420. The van der Waals surface area contributed by atoms with Crippen LogP contribution in [0.5, 0.6) is 0 Å². The molecule has 196 valence electrons. The summed E-state index contributed by atoms with van der Waals surface area (Å²) >= 11 is 6.10. The highest BCUT2D eigenvalue weighted by molar-refractivity contribution is 6.30. The van der Waals surface area contributed by atoms with E-state index in [0.717, 1.165) is 48.8 Å². The fourth-order valence-corrected chi connectivity index (χ4v) is 4.47. The van der Waals surface area contributed by atoms with Crippen molar-refractivity contribution in [2.45, 2.75) is 13.0 Å². The fourth-order valence-electron chi connectivity index (χ4n) is 4.28. The Morgan fingerprint density at radius 3 is 2.76 bits per heavy atom. The third kappa shape index (κ3) is 5.94. The molecule has 2 aromatic carbocycles. The Hall–Kier alpha value is -3.99. The van der Waals surface area contributed by atoms with E-state index in [4.69, 9.17) is 22.1 Å². The predicted octanol–water partition coefficient (Wildman–Crippen LogP) is 3.63. The van der Waals surface area contributed by atoms with Gasteiger partial charge in [0, 0.05) is 54.0 Å². The van der Waals surface area contributed by atoms with Gasteiger partial charge >= 0.3 is 0 Å². The fraction of sp³-hybridized carbons (Fsp3) is 0.259. The molecule has 0 saturated carbocycles. The number of carbonyl (C=O) groups excluding carboxylic acids is 1. The quantitative estimate of drug-likeness (QED) is 0.314. The number of halogens is 1. The minimum absolute atomic E-state index is 0.222. The summed E-state index contributed by atoms with van der Waals surface area (Å²) in [4.78, 5) is 28.7. The van der Waals surface area contributed by atoms with Gasteiger partial charge in [-0.1, -0.05) is 29.8 Å². The highest BCUT2D eigenvalue weighted by Crippen LogP contribution is 2.23. The van der Waals surface area contributed by atoms with Gasteiger partial charge in [-0.15, -0.1) is 0 Å². The van der Waals surface area contributed by atoms with Crippen LogP contribution < -0.4 is 21.3 Å². The maximum atomic E-state index is 12.9. The summed E-state index contributed by atoms with van der Waals surface area (Å²) in [5.41, 5.74) is 9.81. The van der Waals surface area contributed by atoms with Crippen molar-refractivity contribution < 1.29 is 9.53 Å². The van der Waals surface area contributed by atoms with E-state index in [1.165, 1.54) is 0 Å². The van der Waals surface area contributed by atoms with E-state index in [9.17, 15) is 4.79 Å². The number of rotatable bonds is 8. The molecule has 4 aromatic rings. The average Bonchev–Trinajstić information content (AvgIpc) is 3.44. The molecule has 0 unspecified atom stereocenters. The Labute approximate surface area is 225 Å². The molecule has 0 spiro atoms. The van der Waals surface area contributed by atoms with Crippen LogP contribution in [0.15, 0.2) is 67.3 Å². The second kappa shape index (κ2) is 11.6. The van der Waals surface area contributed by atoms with Gasteiger partial charge in [-0.05, 0) is 42.8 Å². The maximum absolute atomic E-state index is 12.9. The molecule has 10 nitrogen and oxygen atoms in total. The van der Waals surface area contributed by atoms with E-state index in [-0.39, 0.29) is 18.1 Å². The van der Waals surface area contributed by atoms with Gasteiger partial charge in [0.1, 0.15) is 17.8 Å². The van der Waals surface area contributed by atoms with Crippen LogP contribution >= 0.6 is 11.6 Å². The lowest BCUT2D eigenvalue weighted by Crippen LogP contribution is -2.36. The number of ether oxygens (including phenoxy) is 1. The smallest absolute Gasteiger partial charge is 0.272 e. The summed E-state index contributed by atoms with van der Waals surface area (Å²) < 4.78 is 7.17. The SMILES string of the molecule is Cc1cnc(Nc2cccc(N3CCOCC3)c2)nc1-n1cnc(C(=O)N[C@H](CN)c2cccc(Cl)c2)c1. The molecular weight excluding hydrogens is 504 g/mol. The summed E-state index contributed by atoms with van der Waals surface area (Å²) in [6.45, 7) is 5.29. The van der Waals surface area contributed by atoms with Crippen molar-refractivity contribution in [3.8, 4) is 5.82 Å². The third-order valence-corrected chi connectivity index (χ3v) is 6.51. The number of amides is 1. The van der Waals surface area contributed by atoms with E-state index in [1.807, 2.05) is 31.2 Å². The van der Waals surface area contributed by atoms with Gasteiger partial charge in [-0.2, -0.15) is 4.98 Å². The highest BCUT2D eigenvalue weighted by Gasteiger charge is 2.18. The minimum Gasteiger partial charge on any atom is -0.378 e. The van der Waals surface area contributed by atoms with Crippen LogP contribution in [0.2, 0.25) is 5.02 Å². The van der Waals surface area contributed by atoms with Crippen LogP contribution in [0.25, 0.3) is 5.82 Å². The standard InChI is InChI=1S/C27H29ClN8O2/c1-18-15-30-27(32-21-6-3-7-22(13-21)35-8-10-38-11-9-35)34-25(18)36-16-24(31-17-36)26(37)33-23(14-29)19-4-2-5-20(28)12-19/h2-7,12-13,15-17,23H,8-11,14,29H2,1H3,(H,33,37)(H,30,32,34)/t23-/m1/s1. The summed E-state index contributed by atoms with van der Waals surface area (Å²) in [5, 5.41) is 6.80. The van der Waals surface area contributed by atoms with Crippen LogP contribution in [0, 0.1) is 6.92 Å². The molecular formula is C27H29ClN8O2. The van der Waals surface area contributed by atoms with Crippen molar-refractivity contribution in [3.05, 3.63) is 89.1 Å². The summed E-state index contributed by atoms with van der Waals surface area (Å²) in [6, 6.07) is 15.0. The number of aryl methyl sites for hydroxylation is 1. The predicted molar refractivity (Wildman–Crippen MR) is 147 cm³/mol. The zero-order valence-corrected chi connectivity index (χ0v) is 21.7. The van der Waals surface area contributed by atoms with Crippen molar-refractivity contribution in [2.75, 3.05) is 43.1 Å². The molecule has 0 bridgehead atoms. The summed E-state index contributed by atoms with van der Waals surface area (Å²) in [5.74, 6) is 0.710. The molecule has 1 fully saturated rings.